The van der Waals surface area contributed by atoms with Gasteiger partial charge in [0.1, 0.15) is 24.1 Å². The number of hydrogen-bond acceptors (Lipinski definition) is 4. The van der Waals surface area contributed by atoms with E-state index < -0.39 is 0 Å². The van der Waals surface area contributed by atoms with Gasteiger partial charge in [-0.25, -0.2) is 4.98 Å². The summed E-state index contributed by atoms with van der Waals surface area (Å²) in [6.45, 7) is 0.636. The van der Waals surface area contributed by atoms with Crippen LogP contribution < -0.4 is 4.74 Å². The number of nitrogens with zero attached hydrogens (tertiary/aromatic N) is 4. The van der Waals surface area contributed by atoms with Crippen molar-refractivity contribution in [1.29, 1.82) is 5.26 Å². The lowest BCUT2D eigenvalue weighted by Gasteiger charge is -2.06. The molecular formula is C15H11ClN4O. The Hall–Kier alpha value is -2.58. The Balaban J connectivity index is 1.74. The van der Waals surface area contributed by atoms with E-state index in [2.05, 4.69) is 10.1 Å². The van der Waals surface area contributed by atoms with Crippen LogP contribution in [-0.2, 0) is 13.2 Å². The zero-order valence-electron chi connectivity index (χ0n) is 11.0. The third-order valence-corrected chi connectivity index (χ3v) is 3.31. The van der Waals surface area contributed by atoms with E-state index in [0.29, 0.717) is 11.8 Å². The van der Waals surface area contributed by atoms with E-state index in [1.54, 1.807) is 23.3 Å². The molecule has 3 rings (SSSR count). The first-order chi connectivity index (χ1) is 10.3. The van der Waals surface area contributed by atoms with Crippen molar-refractivity contribution in [1.82, 2.24) is 14.8 Å². The molecule has 0 aliphatic carbocycles. The molecule has 1 aromatic carbocycles. The third-order valence-electron chi connectivity index (χ3n) is 3.01. The average Bonchev–Trinajstić information content (AvgIpc) is 2.93. The van der Waals surface area contributed by atoms with E-state index in [9.17, 15) is 0 Å². The van der Waals surface area contributed by atoms with Gasteiger partial charge in [-0.05, 0) is 29.7 Å². The van der Waals surface area contributed by atoms with Crippen molar-refractivity contribution in [2.75, 3.05) is 0 Å². The largest absolute Gasteiger partial charge is 0.489 e. The molecule has 2 heterocycles. The molecule has 21 heavy (non-hydrogen) atoms. The van der Waals surface area contributed by atoms with Crippen LogP contribution in [0, 0.1) is 11.3 Å². The van der Waals surface area contributed by atoms with Gasteiger partial charge in [0, 0.05) is 23.3 Å². The molecule has 0 fully saturated rings. The number of aromatic nitrogens is 3. The summed E-state index contributed by atoms with van der Waals surface area (Å²) in [5, 5.41) is 15.0. The summed E-state index contributed by atoms with van der Waals surface area (Å²) in [6, 6.07) is 9.59. The zero-order valence-corrected chi connectivity index (χ0v) is 11.8. The molecule has 6 heteroatoms. The molecule has 0 saturated carbocycles. The van der Waals surface area contributed by atoms with Gasteiger partial charge in [0.25, 0.3) is 0 Å². The number of benzene rings is 1. The topological polar surface area (TPSA) is 63.7 Å². The van der Waals surface area contributed by atoms with Gasteiger partial charge >= 0.3 is 0 Å². The van der Waals surface area contributed by atoms with E-state index in [4.69, 9.17) is 21.6 Å². The average molecular weight is 299 g/mol. The third kappa shape index (κ3) is 2.96. The van der Waals surface area contributed by atoms with Crippen molar-refractivity contribution in [2.24, 2.45) is 0 Å². The van der Waals surface area contributed by atoms with Crippen LogP contribution in [0.15, 0.2) is 42.9 Å². The Morgan fingerprint density at radius 1 is 1.33 bits per heavy atom. The second-order valence-corrected chi connectivity index (χ2v) is 4.84. The van der Waals surface area contributed by atoms with Gasteiger partial charge in [0.2, 0.25) is 0 Å². The highest BCUT2D eigenvalue weighted by atomic mass is 35.5. The van der Waals surface area contributed by atoms with Gasteiger partial charge in [0.05, 0.1) is 12.3 Å². The molecule has 3 aromatic rings. The Morgan fingerprint density at radius 3 is 3.10 bits per heavy atom. The summed E-state index contributed by atoms with van der Waals surface area (Å²) < 4.78 is 7.31. The van der Waals surface area contributed by atoms with Crippen LogP contribution >= 0.6 is 11.6 Å². The summed E-state index contributed by atoms with van der Waals surface area (Å²) in [5.74, 6) is 0.748. The van der Waals surface area contributed by atoms with Crippen molar-refractivity contribution in [3.05, 3.63) is 53.6 Å². The van der Waals surface area contributed by atoms with Gasteiger partial charge in [-0.15, -0.1) is 0 Å². The highest BCUT2D eigenvalue weighted by molar-refractivity contribution is 6.34. The number of fused-ring (bicyclic) bond motifs is 1. The summed E-state index contributed by atoms with van der Waals surface area (Å²) >= 11 is 6.03. The summed E-state index contributed by atoms with van der Waals surface area (Å²) in [6.07, 6.45) is 5.16. The summed E-state index contributed by atoms with van der Waals surface area (Å²) in [7, 11) is 0. The second kappa shape index (κ2) is 5.81. The minimum atomic E-state index is 0.238. The molecule has 0 unspecified atom stereocenters. The van der Waals surface area contributed by atoms with Crippen LogP contribution in [0.4, 0.5) is 0 Å². The Morgan fingerprint density at radius 2 is 2.24 bits per heavy atom. The van der Waals surface area contributed by atoms with E-state index in [0.717, 1.165) is 22.1 Å². The number of rotatable bonds is 4. The minimum absolute atomic E-state index is 0.238. The number of halogens is 1. The molecule has 0 spiro atoms. The highest BCUT2D eigenvalue weighted by Crippen LogP contribution is 2.25. The van der Waals surface area contributed by atoms with Gasteiger partial charge < -0.3 is 4.74 Å². The van der Waals surface area contributed by atoms with Crippen molar-refractivity contribution < 1.29 is 4.74 Å². The maximum Gasteiger partial charge on any atom is 0.136 e. The number of nitriles is 1. The fourth-order valence-electron chi connectivity index (χ4n) is 2.02. The molecule has 2 aromatic heterocycles. The zero-order chi connectivity index (χ0) is 14.7. The van der Waals surface area contributed by atoms with Crippen LogP contribution in [0.2, 0.25) is 5.15 Å². The van der Waals surface area contributed by atoms with Crippen molar-refractivity contribution in [2.45, 2.75) is 13.2 Å². The van der Waals surface area contributed by atoms with Crippen LogP contribution in [0.3, 0.4) is 0 Å². The Labute approximate surface area is 126 Å². The molecule has 0 radical (unpaired) electrons. The maximum atomic E-state index is 8.60. The lowest BCUT2D eigenvalue weighted by molar-refractivity contribution is 0.306. The maximum absolute atomic E-state index is 8.60. The molecule has 0 atom stereocenters. The molecule has 0 aliphatic rings. The van der Waals surface area contributed by atoms with Crippen molar-refractivity contribution >= 4 is 22.4 Å². The molecule has 0 bridgehead atoms. The summed E-state index contributed by atoms with van der Waals surface area (Å²) in [5.41, 5.74) is 0.915. The van der Waals surface area contributed by atoms with E-state index >= 15 is 0 Å². The number of pyridine rings is 1. The quantitative estimate of drug-likeness (QED) is 0.694. The Bertz CT molecular complexity index is 822. The van der Waals surface area contributed by atoms with Gasteiger partial charge in [0.15, 0.2) is 0 Å². The molecule has 5 nitrogen and oxygen atoms in total. The van der Waals surface area contributed by atoms with Crippen molar-refractivity contribution in [3.8, 4) is 11.8 Å². The van der Waals surface area contributed by atoms with Crippen LogP contribution in [0.1, 0.15) is 5.56 Å². The fraction of sp³-hybridized carbons (Fsp3) is 0.133. The van der Waals surface area contributed by atoms with E-state index in [1.165, 1.54) is 0 Å². The highest BCUT2D eigenvalue weighted by Gasteiger charge is 2.03. The molecular weight excluding hydrogens is 288 g/mol. The molecule has 0 amide bonds. The van der Waals surface area contributed by atoms with Crippen LogP contribution in [0.5, 0.6) is 5.75 Å². The van der Waals surface area contributed by atoms with E-state index in [1.807, 2.05) is 30.3 Å². The SMILES string of the molecule is N#CCn1cc(COc2ccc3c(Cl)nccc3c2)cn1. The van der Waals surface area contributed by atoms with Gasteiger partial charge in [-0.1, -0.05) is 11.6 Å². The monoisotopic (exact) mass is 298 g/mol. The smallest absolute Gasteiger partial charge is 0.136 e. The standard InChI is InChI=1S/C15H11ClN4O/c16-15-14-2-1-13(7-12(14)3-5-18-15)21-10-11-8-19-20(9-11)6-4-17/h1-3,5,7-9H,6,10H2. The summed E-state index contributed by atoms with van der Waals surface area (Å²) in [4.78, 5) is 4.04. The predicted octanol–water partition coefficient (Wildman–Crippen LogP) is 3.19. The molecule has 104 valence electrons. The number of ether oxygens (including phenoxy) is 1. The molecule has 0 N–H and O–H groups in total. The molecule has 0 aliphatic heterocycles. The normalized spacial score (nSPS) is 10.5. The van der Waals surface area contributed by atoms with Crippen molar-refractivity contribution in [3.63, 3.8) is 0 Å². The fourth-order valence-corrected chi connectivity index (χ4v) is 2.24. The first-order valence-electron chi connectivity index (χ1n) is 6.31. The first kappa shape index (κ1) is 13.4. The van der Waals surface area contributed by atoms with Gasteiger partial charge in [-0.2, -0.15) is 10.4 Å². The van der Waals surface area contributed by atoms with E-state index in [-0.39, 0.29) is 6.54 Å². The predicted molar refractivity (Wildman–Crippen MR) is 78.9 cm³/mol. The number of hydrogen-bond donors (Lipinski definition) is 0. The van der Waals surface area contributed by atoms with Crippen LogP contribution in [-0.4, -0.2) is 14.8 Å². The molecule has 0 saturated heterocycles. The van der Waals surface area contributed by atoms with Crippen LogP contribution in [0.25, 0.3) is 10.8 Å². The lowest BCUT2D eigenvalue weighted by atomic mass is 10.2. The Kier molecular flexibility index (Phi) is 3.71. The minimum Gasteiger partial charge on any atom is -0.489 e. The lowest BCUT2D eigenvalue weighted by Crippen LogP contribution is -1.96. The first-order valence-corrected chi connectivity index (χ1v) is 6.69. The van der Waals surface area contributed by atoms with Gasteiger partial charge in [-0.3, -0.25) is 4.68 Å². The second-order valence-electron chi connectivity index (χ2n) is 4.48.